The van der Waals surface area contributed by atoms with Gasteiger partial charge in [0.1, 0.15) is 11.9 Å². The average Bonchev–Trinajstić information content (AvgIpc) is 3.43. The molecule has 0 spiro atoms. The number of nitrogens with one attached hydrogen (secondary N) is 2. The van der Waals surface area contributed by atoms with Gasteiger partial charge in [-0.15, -0.1) is 11.3 Å². The highest BCUT2D eigenvalue weighted by Gasteiger charge is 2.27. The van der Waals surface area contributed by atoms with E-state index in [4.69, 9.17) is 9.15 Å². The number of thiazole rings is 1. The zero-order chi connectivity index (χ0) is 22.4. The number of nitrogens with zero attached hydrogens (tertiary/aromatic N) is 1. The van der Waals surface area contributed by atoms with E-state index < -0.39 is 30.4 Å². The lowest BCUT2D eigenvalue weighted by atomic mass is 10.0. The maximum atomic E-state index is 13.0. The van der Waals surface area contributed by atoms with Crippen molar-refractivity contribution >= 4 is 34.3 Å². The summed E-state index contributed by atoms with van der Waals surface area (Å²) in [6, 6.07) is 7.89. The van der Waals surface area contributed by atoms with E-state index in [1.807, 2.05) is 0 Å². The molecule has 0 saturated carbocycles. The summed E-state index contributed by atoms with van der Waals surface area (Å²) in [6.07, 6.45) is 1.35. The summed E-state index contributed by atoms with van der Waals surface area (Å²) in [5.74, 6) is -2.43. The van der Waals surface area contributed by atoms with Crippen molar-refractivity contribution in [2.24, 2.45) is 5.92 Å². The highest BCUT2D eigenvalue weighted by atomic mass is 32.1. The SMILES string of the molecule is CC(C)[C@H](NC(=O)c1ccco1)C(=O)OCC(=O)Nc1nc(-c2ccc(F)cc2)cs1. The molecule has 0 aliphatic carbocycles. The Morgan fingerprint density at radius 1 is 1.19 bits per heavy atom. The van der Waals surface area contributed by atoms with Crippen molar-refractivity contribution < 1.29 is 27.9 Å². The quantitative estimate of drug-likeness (QED) is 0.514. The number of anilines is 1. The second-order valence-corrected chi connectivity index (χ2v) is 7.73. The van der Waals surface area contributed by atoms with Gasteiger partial charge in [-0.25, -0.2) is 14.2 Å². The van der Waals surface area contributed by atoms with Crippen LogP contribution in [-0.2, 0) is 14.3 Å². The molecular formula is C21H20FN3O5S. The number of hydrogen-bond acceptors (Lipinski definition) is 7. The molecule has 0 unspecified atom stereocenters. The number of aromatic nitrogens is 1. The third-order valence-corrected chi connectivity index (χ3v) is 4.95. The first kappa shape index (κ1) is 22.2. The highest BCUT2D eigenvalue weighted by molar-refractivity contribution is 7.14. The zero-order valence-electron chi connectivity index (χ0n) is 16.8. The number of furan rings is 1. The van der Waals surface area contributed by atoms with Crippen molar-refractivity contribution in [2.75, 3.05) is 11.9 Å². The van der Waals surface area contributed by atoms with Crippen LogP contribution in [0.15, 0.2) is 52.5 Å². The fraction of sp³-hybridized carbons (Fsp3) is 0.238. The zero-order valence-corrected chi connectivity index (χ0v) is 17.6. The van der Waals surface area contributed by atoms with Crippen LogP contribution in [0.1, 0.15) is 24.4 Å². The van der Waals surface area contributed by atoms with E-state index in [-0.39, 0.29) is 17.5 Å². The number of amides is 2. The summed E-state index contributed by atoms with van der Waals surface area (Å²) in [4.78, 5) is 40.9. The predicted molar refractivity (Wildman–Crippen MR) is 112 cm³/mol. The van der Waals surface area contributed by atoms with Gasteiger partial charge >= 0.3 is 5.97 Å². The van der Waals surface area contributed by atoms with Gasteiger partial charge in [0.25, 0.3) is 11.8 Å². The molecule has 8 nitrogen and oxygen atoms in total. The van der Waals surface area contributed by atoms with Crippen LogP contribution in [0.2, 0.25) is 0 Å². The molecule has 162 valence electrons. The van der Waals surface area contributed by atoms with Crippen molar-refractivity contribution in [3.8, 4) is 11.3 Å². The Morgan fingerprint density at radius 3 is 2.58 bits per heavy atom. The van der Waals surface area contributed by atoms with Crippen molar-refractivity contribution in [3.05, 3.63) is 59.6 Å². The van der Waals surface area contributed by atoms with E-state index in [1.165, 1.54) is 35.8 Å². The van der Waals surface area contributed by atoms with Crippen molar-refractivity contribution in [1.29, 1.82) is 0 Å². The van der Waals surface area contributed by atoms with Crippen molar-refractivity contribution in [2.45, 2.75) is 19.9 Å². The Labute approximate surface area is 181 Å². The summed E-state index contributed by atoms with van der Waals surface area (Å²) < 4.78 is 23.1. The van der Waals surface area contributed by atoms with Crippen LogP contribution < -0.4 is 10.6 Å². The number of rotatable bonds is 8. The molecule has 2 aromatic heterocycles. The highest BCUT2D eigenvalue weighted by Crippen LogP contribution is 2.25. The molecule has 10 heteroatoms. The van der Waals surface area contributed by atoms with Gasteiger partial charge in [-0.2, -0.15) is 0 Å². The molecule has 3 aromatic rings. The van der Waals surface area contributed by atoms with Gasteiger partial charge in [0, 0.05) is 10.9 Å². The minimum absolute atomic E-state index is 0.0666. The Bertz CT molecular complexity index is 1050. The Balaban J connectivity index is 1.52. The summed E-state index contributed by atoms with van der Waals surface area (Å²) >= 11 is 1.18. The molecule has 2 heterocycles. The van der Waals surface area contributed by atoms with Crippen LogP contribution in [0.3, 0.4) is 0 Å². The standard InChI is InChI=1S/C21H20FN3O5S/c1-12(2)18(25-19(27)16-4-3-9-29-16)20(28)30-10-17(26)24-21-23-15(11-31-21)13-5-7-14(22)8-6-13/h3-9,11-12,18H,10H2,1-2H3,(H,25,27)(H,23,24,26)/t18-/m0/s1. The predicted octanol–water partition coefficient (Wildman–Crippen LogP) is 3.48. The van der Waals surface area contributed by atoms with Crippen LogP contribution in [0.25, 0.3) is 11.3 Å². The molecule has 2 N–H and O–H groups in total. The maximum absolute atomic E-state index is 13.0. The smallest absolute Gasteiger partial charge is 0.329 e. The summed E-state index contributed by atoms with van der Waals surface area (Å²) in [6.45, 7) is 2.94. The summed E-state index contributed by atoms with van der Waals surface area (Å²) in [5, 5.41) is 7.11. The number of carbonyl (C=O) groups excluding carboxylic acids is 3. The second-order valence-electron chi connectivity index (χ2n) is 6.87. The Morgan fingerprint density at radius 2 is 1.94 bits per heavy atom. The molecule has 0 aliphatic rings. The van der Waals surface area contributed by atoms with Crippen molar-refractivity contribution in [1.82, 2.24) is 10.3 Å². The lowest BCUT2D eigenvalue weighted by molar-refractivity contribution is -0.150. The van der Waals surface area contributed by atoms with E-state index in [1.54, 1.807) is 37.4 Å². The van der Waals surface area contributed by atoms with Crippen LogP contribution >= 0.6 is 11.3 Å². The lowest BCUT2D eigenvalue weighted by Crippen LogP contribution is -2.45. The van der Waals surface area contributed by atoms with Crippen LogP contribution in [0, 0.1) is 11.7 Å². The first-order chi connectivity index (χ1) is 14.8. The maximum Gasteiger partial charge on any atom is 0.329 e. The van der Waals surface area contributed by atoms with Crippen LogP contribution in [-0.4, -0.2) is 35.4 Å². The monoisotopic (exact) mass is 445 g/mol. The lowest BCUT2D eigenvalue weighted by Gasteiger charge is -2.20. The van der Waals surface area contributed by atoms with Crippen LogP contribution in [0.5, 0.6) is 0 Å². The number of ether oxygens (including phenoxy) is 1. The molecule has 0 bridgehead atoms. The van der Waals surface area contributed by atoms with E-state index in [0.29, 0.717) is 16.4 Å². The molecule has 31 heavy (non-hydrogen) atoms. The van der Waals surface area contributed by atoms with Gasteiger partial charge in [0.2, 0.25) is 0 Å². The van der Waals surface area contributed by atoms with Gasteiger partial charge < -0.3 is 14.5 Å². The average molecular weight is 445 g/mol. The van der Waals surface area contributed by atoms with Gasteiger partial charge in [0.15, 0.2) is 17.5 Å². The molecule has 0 aliphatic heterocycles. The van der Waals surface area contributed by atoms with E-state index >= 15 is 0 Å². The first-order valence-electron chi connectivity index (χ1n) is 9.36. The molecule has 0 radical (unpaired) electrons. The third-order valence-electron chi connectivity index (χ3n) is 4.19. The Kier molecular flexibility index (Phi) is 7.14. The third kappa shape index (κ3) is 5.98. The summed E-state index contributed by atoms with van der Waals surface area (Å²) in [7, 11) is 0. The first-order valence-corrected chi connectivity index (χ1v) is 10.2. The minimum atomic E-state index is -0.949. The van der Waals surface area contributed by atoms with E-state index in [9.17, 15) is 18.8 Å². The number of benzene rings is 1. The number of esters is 1. The number of halogens is 1. The Hall–Kier alpha value is -3.53. The molecule has 0 fully saturated rings. The van der Waals surface area contributed by atoms with Gasteiger partial charge in [-0.1, -0.05) is 13.8 Å². The molecule has 3 rings (SSSR count). The largest absolute Gasteiger partial charge is 0.459 e. The second kappa shape index (κ2) is 9.98. The fourth-order valence-corrected chi connectivity index (χ4v) is 3.32. The number of hydrogen-bond donors (Lipinski definition) is 2. The molecule has 0 saturated heterocycles. The summed E-state index contributed by atoms with van der Waals surface area (Å²) in [5.41, 5.74) is 1.29. The van der Waals surface area contributed by atoms with E-state index in [2.05, 4.69) is 15.6 Å². The van der Waals surface area contributed by atoms with Gasteiger partial charge in [0.05, 0.1) is 12.0 Å². The van der Waals surface area contributed by atoms with E-state index in [0.717, 1.165) is 0 Å². The number of carbonyl (C=O) groups is 3. The van der Waals surface area contributed by atoms with Crippen LogP contribution in [0.4, 0.5) is 9.52 Å². The molecule has 1 atom stereocenters. The van der Waals surface area contributed by atoms with Gasteiger partial charge in [-0.3, -0.25) is 14.9 Å². The molecule has 1 aromatic carbocycles. The normalized spacial score (nSPS) is 11.7. The van der Waals surface area contributed by atoms with Gasteiger partial charge in [-0.05, 0) is 42.3 Å². The fourth-order valence-electron chi connectivity index (χ4n) is 2.58. The molecule has 2 amide bonds. The minimum Gasteiger partial charge on any atom is -0.459 e. The molecular weight excluding hydrogens is 425 g/mol. The topological polar surface area (TPSA) is 111 Å². The van der Waals surface area contributed by atoms with Crippen molar-refractivity contribution in [3.63, 3.8) is 0 Å².